The molecule has 128 valence electrons. The first-order valence-electron chi connectivity index (χ1n) is 7.34. The molecule has 0 amide bonds. The second kappa shape index (κ2) is 6.92. The number of carboxylic acids is 1. The topological polar surface area (TPSA) is 83.5 Å². The van der Waals surface area contributed by atoms with Gasteiger partial charge in [0.05, 0.1) is 5.75 Å². The molecule has 0 aliphatic heterocycles. The summed E-state index contributed by atoms with van der Waals surface area (Å²) in [4.78, 5) is 11.3. The van der Waals surface area contributed by atoms with Gasteiger partial charge in [-0.05, 0) is 24.8 Å². The Hall–Kier alpha value is -1.54. The van der Waals surface area contributed by atoms with E-state index in [4.69, 9.17) is 0 Å². The molecule has 1 unspecified atom stereocenters. The average molecular weight is 347 g/mol. The summed E-state index contributed by atoms with van der Waals surface area (Å²) in [7, 11) is -4.11. The first-order chi connectivity index (χ1) is 10.7. The first kappa shape index (κ1) is 17.8. The Morgan fingerprint density at radius 2 is 2.00 bits per heavy atom. The standard InChI is InChI=1S/C15H19F2NO4S/c16-15(17)8-4-7-12(15)10-23(21,22)18-13(14(19)20)9-11-5-2-1-3-6-11/h1-3,5-6,12-13,18H,4,7-10H2,(H,19,20)/t12?,13-/m0/s1. The van der Waals surface area contributed by atoms with Gasteiger partial charge in [0.2, 0.25) is 10.0 Å². The predicted octanol–water partition coefficient (Wildman–Crippen LogP) is 2.04. The van der Waals surface area contributed by atoms with E-state index in [1.165, 1.54) is 0 Å². The number of hydrogen-bond donors (Lipinski definition) is 2. The molecule has 0 spiro atoms. The zero-order chi connectivity index (χ0) is 17.1. The average Bonchev–Trinajstić information content (AvgIpc) is 2.77. The molecule has 0 bridgehead atoms. The van der Waals surface area contributed by atoms with E-state index in [0.29, 0.717) is 5.56 Å². The van der Waals surface area contributed by atoms with Crippen molar-refractivity contribution in [2.75, 3.05) is 5.75 Å². The van der Waals surface area contributed by atoms with Gasteiger partial charge in [0.15, 0.2) is 0 Å². The van der Waals surface area contributed by atoms with Crippen molar-refractivity contribution >= 4 is 16.0 Å². The number of sulfonamides is 1. The Kier molecular flexibility index (Phi) is 5.36. The number of alkyl halides is 2. The molecule has 1 saturated carbocycles. The molecular weight excluding hydrogens is 328 g/mol. The van der Waals surface area contributed by atoms with Crippen molar-refractivity contribution < 1.29 is 27.1 Å². The van der Waals surface area contributed by atoms with Gasteiger partial charge in [-0.15, -0.1) is 0 Å². The molecule has 2 atom stereocenters. The maximum atomic E-state index is 13.6. The highest BCUT2D eigenvalue weighted by molar-refractivity contribution is 7.89. The highest BCUT2D eigenvalue weighted by atomic mass is 32.2. The number of rotatable bonds is 7. The third-order valence-electron chi connectivity index (χ3n) is 3.98. The van der Waals surface area contributed by atoms with Crippen LogP contribution in [0.3, 0.4) is 0 Å². The van der Waals surface area contributed by atoms with Crippen LogP contribution < -0.4 is 4.72 Å². The molecule has 1 aliphatic rings. The van der Waals surface area contributed by atoms with Gasteiger partial charge in [-0.3, -0.25) is 4.79 Å². The van der Waals surface area contributed by atoms with E-state index >= 15 is 0 Å². The summed E-state index contributed by atoms with van der Waals surface area (Å²) in [5.41, 5.74) is 0.647. The van der Waals surface area contributed by atoms with E-state index in [1.54, 1.807) is 30.3 Å². The van der Waals surface area contributed by atoms with Gasteiger partial charge < -0.3 is 5.11 Å². The monoisotopic (exact) mass is 347 g/mol. The van der Waals surface area contributed by atoms with Crippen LogP contribution in [0.5, 0.6) is 0 Å². The second-order valence-electron chi connectivity index (χ2n) is 5.83. The summed E-state index contributed by atoms with van der Waals surface area (Å²) in [6.45, 7) is 0. The lowest BCUT2D eigenvalue weighted by molar-refractivity contribution is -0.138. The summed E-state index contributed by atoms with van der Waals surface area (Å²) in [5, 5.41) is 9.19. The molecule has 0 aromatic heterocycles. The van der Waals surface area contributed by atoms with Gasteiger partial charge in [0.1, 0.15) is 6.04 Å². The van der Waals surface area contributed by atoms with E-state index in [0.717, 1.165) is 0 Å². The molecule has 0 heterocycles. The van der Waals surface area contributed by atoms with Gasteiger partial charge in [0, 0.05) is 12.3 Å². The Bertz CT molecular complexity index is 649. The molecule has 8 heteroatoms. The Labute approximate surface area is 133 Å². The van der Waals surface area contributed by atoms with Crippen LogP contribution in [-0.2, 0) is 21.2 Å². The van der Waals surface area contributed by atoms with Gasteiger partial charge in [-0.1, -0.05) is 30.3 Å². The number of hydrogen-bond acceptors (Lipinski definition) is 3. The Balaban J connectivity index is 2.05. The number of aliphatic carboxylic acids is 1. The van der Waals surface area contributed by atoms with Gasteiger partial charge in [0.25, 0.3) is 5.92 Å². The summed E-state index contributed by atoms with van der Waals surface area (Å²) in [5.74, 6) is -6.35. The van der Waals surface area contributed by atoms with E-state index in [2.05, 4.69) is 0 Å². The maximum Gasteiger partial charge on any atom is 0.322 e. The molecule has 0 saturated heterocycles. The van der Waals surface area contributed by atoms with Crippen LogP contribution in [0.2, 0.25) is 0 Å². The van der Waals surface area contributed by atoms with E-state index in [1.807, 2.05) is 4.72 Å². The lowest BCUT2D eigenvalue weighted by atomic mass is 10.1. The van der Waals surface area contributed by atoms with Crippen LogP contribution in [0, 0.1) is 5.92 Å². The minimum Gasteiger partial charge on any atom is -0.480 e. The molecule has 1 fully saturated rings. The molecule has 23 heavy (non-hydrogen) atoms. The fraction of sp³-hybridized carbons (Fsp3) is 0.533. The molecule has 1 aromatic carbocycles. The van der Waals surface area contributed by atoms with Crippen LogP contribution >= 0.6 is 0 Å². The number of benzene rings is 1. The summed E-state index contributed by atoms with van der Waals surface area (Å²) in [6.07, 6.45) is 0.0416. The smallest absolute Gasteiger partial charge is 0.322 e. The highest BCUT2D eigenvalue weighted by Crippen LogP contribution is 2.40. The number of nitrogens with one attached hydrogen (secondary N) is 1. The van der Waals surface area contributed by atoms with Crippen LogP contribution in [-0.4, -0.2) is 37.2 Å². The van der Waals surface area contributed by atoms with Crippen molar-refractivity contribution in [3.8, 4) is 0 Å². The SMILES string of the molecule is O=C(O)[C@H](Cc1ccccc1)NS(=O)(=O)CC1CCCC1(F)F. The van der Waals surface area contributed by atoms with E-state index in [9.17, 15) is 27.1 Å². The number of carbonyl (C=O) groups is 1. The van der Waals surface area contributed by atoms with Crippen LogP contribution in [0.4, 0.5) is 8.78 Å². The van der Waals surface area contributed by atoms with Crippen LogP contribution in [0.15, 0.2) is 30.3 Å². The van der Waals surface area contributed by atoms with Crippen LogP contribution in [0.1, 0.15) is 24.8 Å². The summed E-state index contributed by atoms with van der Waals surface area (Å²) < 4.78 is 53.3. The van der Waals surface area contributed by atoms with Gasteiger partial charge in [-0.25, -0.2) is 21.9 Å². The molecule has 1 aliphatic carbocycles. The third kappa shape index (κ3) is 4.97. The second-order valence-corrected chi connectivity index (χ2v) is 7.63. The van der Waals surface area contributed by atoms with Crippen molar-refractivity contribution in [2.24, 2.45) is 5.92 Å². The molecule has 1 aromatic rings. The number of halogens is 2. The zero-order valence-corrected chi connectivity index (χ0v) is 13.2. The van der Waals surface area contributed by atoms with Crippen molar-refractivity contribution in [3.63, 3.8) is 0 Å². The molecular formula is C15H19F2NO4S. The van der Waals surface area contributed by atoms with E-state index < -0.39 is 39.6 Å². The Morgan fingerprint density at radius 1 is 1.35 bits per heavy atom. The molecule has 2 rings (SSSR count). The summed E-state index contributed by atoms with van der Waals surface area (Å²) in [6, 6.07) is 7.15. The van der Waals surface area contributed by atoms with Crippen LogP contribution in [0.25, 0.3) is 0 Å². The fourth-order valence-electron chi connectivity index (χ4n) is 2.76. The minimum atomic E-state index is -4.11. The largest absolute Gasteiger partial charge is 0.480 e. The van der Waals surface area contributed by atoms with Gasteiger partial charge in [-0.2, -0.15) is 0 Å². The molecule has 2 N–H and O–H groups in total. The minimum absolute atomic E-state index is 0.0452. The van der Waals surface area contributed by atoms with Crippen molar-refractivity contribution in [2.45, 2.75) is 37.6 Å². The summed E-state index contributed by atoms with van der Waals surface area (Å²) >= 11 is 0. The maximum absolute atomic E-state index is 13.6. The van der Waals surface area contributed by atoms with Crippen molar-refractivity contribution in [3.05, 3.63) is 35.9 Å². The lowest BCUT2D eigenvalue weighted by Gasteiger charge is -2.21. The normalized spacial score (nSPS) is 21.9. The number of carboxylic acid groups (broad SMARTS) is 1. The zero-order valence-electron chi connectivity index (χ0n) is 12.4. The third-order valence-corrected chi connectivity index (χ3v) is 5.47. The quantitative estimate of drug-likeness (QED) is 0.791. The molecule has 5 nitrogen and oxygen atoms in total. The van der Waals surface area contributed by atoms with Gasteiger partial charge >= 0.3 is 5.97 Å². The van der Waals surface area contributed by atoms with E-state index in [-0.39, 0.29) is 25.7 Å². The fourth-order valence-corrected chi connectivity index (χ4v) is 4.42. The van der Waals surface area contributed by atoms with Crippen molar-refractivity contribution in [1.82, 2.24) is 4.72 Å². The predicted molar refractivity (Wildman–Crippen MR) is 80.8 cm³/mol. The lowest BCUT2D eigenvalue weighted by Crippen LogP contribution is -2.45. The van der Waals surface area contributed by atoms with Crippen molar-refractivity contribution in [1.29, 1.82) is 0 Å². The molecule has 0 radical (unpaired) electrons. The first-order valence-corrected chi connectivity index (χ1v) is 8.99. The Morgan fingerprint density at radius 3 is 2.52 bits per heavy atom. The highest BCUT2D eigenvalue weighted by Gasteiger charge is 2.46.